The number of amides is 1. The fourth-order valence-corrected chi connectivity index (χ4v) is 3.85. The van der Waals surface area contributed by atoms with Crippen molar-refractivity contribution in [3.05, 3.63) is 72.6 Å². The minimum Gasteiger partial charge on any atom is -0.457 e. The number of anilines is 1. The van der Waals surface area contributed by atoms with Gasteiger partial charge in [-0.05, 0) is 61.7 Å². The average Bonchev–Trinajstić information content (AvgIpc) is 3.50. The molecule has 0 saturated heterocycles. The number of aryl methyl sites for hydroxylation is 1. The van der Waals surface area contributed by atoms with Gasteiger partial charge in [-0.15, -0.1) is 16.8 Å². The third-order valence-corrected chi connectivity index (χ3v) is 5.66. The van der Waals surface area contributed by atoms with Crippen LogP contribution in [0.25, 0.3) is 0 Å². The Bertz CT molecular complexity index is 1040. The molecule has 7 heteroatoms. The monoisotopic (exact) mass is 420 g/mol. The second kappa shape index (κ2) is 9.17. The molecule has 1 aliphatic carbocycles. The van der Waals surface area contributed by atoms with Crippen molar-refractivity contribution in [1.29, 1.82) is 0 Å². The Kier molecular flexibility index (Phi) is 6.18. The van der Waals surface area contributed by atoms with Crippen LogP contribution in [0.15, 0.2) is 66.3 Å². The van der Waals surface area contributed by atoms with Gasteiger partial charge in [0.1, 0.15) is 17.3 Å². The van der Waals surface area contributed by atoms with Crippen molar-refractivity contribution in [2.45, 2.75) is 37.4 Å². The van der Waals surface area contributed by atoms with Crippen LogP contribution in [0.1, 0.15) is 30.1 Å². The molecule has 30 heavy (non-hydrogen) atoms. The summed E-state index contributed by atoms with van der Waals surface area (Å²) in [5.41, 5.74) is 1.87. The maximum absolute atomic E-state index is 12.4. The number of nitrogens with one attached hydrogen (secondary N) is 1. The lowest BCUT2D eigenvalue weighted by Crippen LogP contribution is -2.14. The molecule has 0 bridgehead atoms. The number of benzene rings is 2. The zero-order valence-corrected chi connectivity index (χ0v) is 17.7. The van der Waals surface area contributed by atoms with E-state index < -0.39 is 0 Å². The molecule has 1 aliphatic rings. The highest BCUT2D eigenvalue weighted by molar-refractivity contribution is 7.99. The molecule has 1 saturated carbocycles. The van der Waals surface area contributed by atoms with Gasteiger partial charge >= 0.3 is 0 Å². The van der Waals surface area contributed by atoms with E-state index in [4.69, 9.17) is 4.74 Å². The van der Waals surface area contributed by atoms with Gasteiger partial charge in [-0.3, -0.25) is 4.79 Å². The predicted octanol–water partition coefficient (Wildman–Crippen LogP) is 5.17. The van der Waals surface area contributed by atoms with Crippen LogP contribution in [-0.4, -0.2) is 26.4 Å². The van der Waals surface area contributed by atoms with Crippen LogP contribution in [-0.2, 0) is 11.3 Å². The van der Waals surface area contributed by atoms with Gasteiger partial charge in [0, 0.05) is 18.2 Å². The van der Waals surface area contributed by atoms with E-state index in [9.17, 15) is 4.79 Å². The van der Waals surface area contributed by atoms with E-state index in [2.05, 4.69) is 26.7 Å². The van der Waals surface area contributed by atoms with E-state index in [0.717, 1.165) is 46.6 Å². The summed E-state index contributed by atoms with van der Waals surface area (Å²) in [6.45, 7) is 6.49. The molecule has 4 rings (SSSR count). The van der Waals surface area contributed by atoms with Gasteiger partial charge in [0.15, 0.2) is 5.16 Å². The van der Waals surface area contributed by atoms with E-state index in [1.54, 1.807) is 0 Å². The van der Waals surface area contributed by atoms with Gasteiger partial charge in [0.05, 0.1) is 5.75 Å². The van der Waals surface area contributed by atoms with E-state index >= 15 is 0 Å². The van der Waals surface area contributed by atoms with Crippen molar-refractivity contribution < 1.29 is 9.53 Å². The largest absolute Gasteiger partial charge is 0.457 e. The molecule has 0 spiro atoms. The van der Waals surface area contributed by atoms with Gasteiger partial charge in [0.2, 0.25) is 5.91 Å². The number of ether oxygens (including phenoxy) is 1. The molecular weight excluding hydrogens is 396 g/mol. The lowest BCUT2D eigenvalue weighted by atomic mass is 10.2. The molecule has 1 fully saturated rings. The van der Waals surface area contributed by atoms with Gasteiger partial charge in [-0.25, -0.2) is 0 Å². The smallest absolute Gasteiger partial charge is 0.234 e. The zero-order valence-electron chi connectivity index (χ0n) is 16.9. The van der Waals surface area contributed by atoms with E-state index in [1.165, 1.54) is 11.8 Å². The molecule has 1 aromatic heterocycles. The van der Waals surface area contributed by atoms with Gasteiger partial charge in [-0.1, -0.05) is 30.0 Å². The summed E-state index contributed by atoms with van der Waals surface area (Å²) in [6.07, 6.45) is 4.15. The summed E-state index contributed by atoms with van der Waals surface area (Å²) in [4.78, 5) is 12.4. The molecule has 0 radical (unpaired) electrons. The van der Waals surface area contributed by atoms with Crippen LogP contribution in [0, 0.1) is 6.92 Å². The molecule has 6 nitrogen and oxygen atoms in total. The van der Waals surface area contributed by atoms with Crippen molar-refractivity contribution in [2.24, 2.45) is 0 Å². The Morgan fingerprint density at radius 1 is 1.23 bits per heavy atom. The number of rotatable bonds is 9. The fraction of sp³-hybridized carbons (Fsp3) is 0.261. The third-order valence-electron chi connectivity index (χ3n) is 4.70. The second-order valence-corrected chi connectivity index (χ2v) is 8.24. The first-order valence-electron chi connectivity index (χ1n) is 9.93. The third kappa shape index (κ3) is 5.10. The summed E-state index contributed by atoms with van der Waals surface area (Å²) in [5, 5.41) is 12.2. The molecule has 1 heterocycles. The molecule has 0 atom stereocenters. The van der Waals surface area contributed by atoms with Crippen molar-refractivity contribution in [3.63, 3.8) is 0 Å². The standard InChI is InChI=1S/C23H24N4O2S/c1-3-13-27-22(17-7-8-17)25-26-23(27)30-15-21(28)24-18-9-11-19(12-10-18)29-20-6-4-5-16(2)14-20/h3-6,9-12,14,17H,1,7-8,13,15H2,2H3,(H,24,28). The normalized spacial score (nSPS) is 13.1. The maximum atomic E-state index is 12.4. The number of allylic oxidation sites excluding steroid dienone is 1. The molecule has 0 unspecified atom stereocenters. The van der Waals surface area contributed by atoms with E-state index in [0.29, 0.717) is 12.5 Å². The summed E-state index contributed by atoms with van der Waals surface area (Å²) in [7, 11) is 0. The summed E-state index contributed by atoms with van der Waals surface area (Å²) >= 11 is 1.39. The van der Waals surface area contributed by atoms with Crippen LogP contribution in [0.4, 0.5) is 5.69 Å². The fourth-order valence-electron chi connectivity index (χ4n) is 3.10. The SMILES string of the molecule is C=CCn1c(SCC(=O)Nc2ccc(Oc3cccc(C)c3)cc2)nnc1C1CC1. The lowest BCUT2D eigenvalue weighted by molar-refractivity contribution is -0.113. The van der Waals surface area contributed by atoms with Crippen molar-refractivity contribution >= 4 is 23.4 Å². The van der Waals surface area contributed by atoms with Crippen molar-refractivity contribution in [2.75, 3.05) is 11.1 Å². The number of aromatic nitrogens is 3. The Balaban J connectivity index is 1.31. The average molecular weight is 421 g/mol. The summed E-state index contributed by atoms with van der Waals surface area (Å²) in [5.74, 6) is 3.19. The first kappa shape index (κ1) is 20.2. The topological polar surface area (TPSA) is 69.0 Å². The zero-order chi connectivity index (χ0) is 20.9. The van der Waals surface area contributed by atoms with Gasteiger partial charge < -0.3 is 14.6 Å². The number of carbonyl (C=O) groups excluding carboxylic acids is 1. The molecule has 1 amide bonds. The van der Waals surface area contributed by atoms with Crippen LogP contribution in [0.3, 0.4) is 0 Å². The van der Waals surface area contributed by atoms with Crippen LogP contribution < -0.4 is 10.1 Å². The molecular formula is C23H24N4O2S. The molecule has 0 aliphatic heterocycles. The Morgan fingerprint density at radius 2 is 2.03 bits per heavy atom. The minimum absolute atomic E-state index is 0.0894. The molecule has 1 N–H and O–H groups in total. The highest BCUT2D eigenvalue weighted by Gasteiger charge is 2.30. The second-order valence-electron chi connectivity index (χ2n) is 7.29. The highest BCUT2D eigenvalue weighted by Crippen LogP contribution is 2.40. The number of hydrogen-bond acceptors (Lipinski definition) is 5. The van der Waals surface area contributed by atoms with Crippen LogP contribution in [0.5, 0.6) is 11.5 Å². The summed E-state index contributed by atoms with van der Waals surface area (Å²) < 4.78 is 7.90. The number of carbonyl (C=O) groups is 1. The number of thioether (sulfide) groups is 1. The van der Waals surface area contributed by atoms with E-state index in [-0.39, 0.29) is 11.7 Å². The summed E-state index contributed by atoms with van der Waals surface area (Å²) in [6, 6.07) is 15.2. The Labute approximate surface area is 180 Å². The first-order chi connectivity index (χ1) is 14.6. The first-order valence-corrected chi connectivity index (χ1v) is 10.9. The van der Waals surface area contributed by atoms with E-state index in [1.807, 2.05) is 61.5 Å². The maximum Gasteiger partial charge on any atom is 0.234 e. The van der Waals surface area contributed by atoms with Crippen LogP contribution in [0.2, 0.25) is 0 Å². The van der Waals surface area contributed by atoms with Gasteiger partial charge in [-0.2, -0.15) is 0 Å². The van der Waals surface area contributed by atoms with Crippen molar-refractivity contribution in [1.82, 2.24) is 14.8 Å². The lowest BCUT2D eigenvalue weighted by Gasteiger charge is -2.09. The predicted molar refractivity (Wildman–Crippen MR) is 119 cm³/mol. The Hall–Kier alpha value is -3.06. The molecule has 3 aromatic rings. The minimum atomic E-state index is -0.0894. The number of hydrogen-bond donors (Lipinski definition) is 1. The van der Waals surface area contributed by atoms with Crippen molar-refractivity contribution in [3.8, 4) is 11.5 Å². The molecule has 154 valence electrons. The quantitative estimate of drug-likeness (QED) is 0.382. The number of nitrogens with zero attached hydrogens (tertiary/aromatic N) is 3. The molecule has 2 aromatic carbocycles. The van der Waals surface area contributed by atoms with Gasteiger partial charge in [0.25, 0.3) is 0 Å². The Morgan fingerprint density at radius 3 is 2.73 bits per heavy atom. The van der Waals surface area contributed by atoms with Crippen LogP contribution >= 0.6 is 11.8 Å². The highest BCUT2D eigenvalue weighted by atomic mass is 32.2.